The third kappa shape index (κ3) is 4.90. The molecule has 7 heteroatoms. The van der Waals surface area contributed by atoms with Crippen LogP contribution in [0.2, 0.25) is 0 Å². The van der Waals surface area contributed by atoms with Crippen molar-refractivity contribution in [2.45, 2.75) is 38.6 Å². The minimum atomic E-state index is -3.62. The third-order valence-electron chi connectivity index (χ3n) is 4.18. The lowest BCUT2D eigenvalue weighted by Crippen LogP contribution is -2.34. The highest BCUT2D eigenvalue weighted by Gasteiger charge is 2.24. The molecule has 0 saturated heterocycles. The zero-order valence-electron chi connectivity index (χ0n) is 15.4. The molecule has 0 atom stereocenters. The molecule has 0 spiro atoms. The van der Waals surface area contributed by atoms with Crippen molar-refractivity contribution in [3.8, 4) is 11.3 Å². The van der Waals surface area contributed by atoms with Crippen LogP contribution < -0.4 is 4.72 Å². The fraction of sp³-hybridized carbons (Fsp3) is 0.500. The van der Waals surface area contributed by atoms with E-state index in [2.05, 4.69) is 28.6 Å². The van der Waals surface area contributed by atoms with Gasteiger partial charge in [-0.3, -0.25) is 4.68 Å². The fourth-order valence-corrected chi connectivity index (χ4v) is 3.76. The molecule has 0 aliphatic rings. The van der Waals surface area contributed by atoms with Crippen molar-refractivity contribution in [1.29, 1.82) is 0 Å². The number of sulfonamides is 1. The highest BCUT2D eigenvalue weighted by Crippen LogP contribution is 2.26. The minimum Gasteiger partial charge on any atom is -0.303 e. The summed E-state index contributed by atoms with van der Waals surface area (Å²) in [5.41, 5.74) is 1.29. The number of likely N-dealkylation sites (N-methyl/N-ethyl adjacent to an activating group) is 1. The van der Waals surface area contributed by atoms with Crippen LogP contribution in [0, 0.1) is 0 Å². The lowest BCUT2D eigenvalue weighted by molar-refractivity contribution is 0.309. The van der Waals surface area contributed by atoms with E-state index in [-0.39, 0.29) is 10.9 Å². The lowest BCUT2D eigenvalue weighted by atomic mass is 10.2. The normalized spacial score (nSPS) is 12.2. The summed E-state index contributed by atoms with van der Waals surface area (Å²) in [6.45, 7) is 11.0. The van der Waals surface area contributed by atoms with Crippen LogP contribution in [0.15, 0.2) is 41.4 Å². The molecule has 1 aromatic carbocycles. The van der Waals surface area contributed by atoms with Crippen molar-refractivity contribution in [1.82, 2.24) is 19.4 Å². The molecule has 6 nitrogen and oxygen atoms in total. The quantitative estimate of drug-likeness (QED) is 0.743. The summed E-state index contributed by atoms with van der Waals surface area (Å²) >= 11 is 0. The number of nitrogens with one attached hydrogen (secondary N) is 1. The minimum absolute atomic E-state index is 0.0853. The van der Waals surface area contributed by atoms with Crippen molar-refractivity contribution in [3.05, 3.63) is 36.5 Å². The molecule has 0 fully saturated rings. The zero-order valence-corrected chi connectivity index (χ0v) is 16.3. The fourth-order valence-electron chi connectivity index (χ4n) is 2.59. The van der Waals surface area contributed by atoms with Crippen LogP contribution in [0.3, 0.4) is 0 Å². The first kappa shape index (κ1) is 19.6. The van der Waals surface area contributed by atoms with Gasteiger partial charge in [0.2, 0.25) is 10.0 Å². The topological polar surface area (TPSA) is 67.2 Å². The lowest BCUT2D eigenvalue weighted by Gasteiger charge is -2.17. The van der Waals surface area contributed by atoms with E-state index < -0.39 is 10.0 Å². The molecule has 1 aromatic heterocycles. The SMILES string of the molecule is CCN(CC)CCNS(=O)(=O)c1cn(C(C)C)nc1-c1ccccc1. The highest BCUT2D eigenvalue weighted by atomic mass is 32.2. The predicted octanol–water partition coefficient (Wildman–Crippen LogP) is 2.75. The summed E-state index contributed by atoms with van der Waals surface area (Å²) in [7, 11) is -3.62. The molecule has 2 aromatic rings. The second-order valence-electron chi connectivity index (χ2n) is 6.21. The van der Waals surface area contributed by atoms with Crippen molar-refractivity contribution in [3.63, 3.8) is 0 Å². The van der Waals surface area contributed by atoms with E-state index in [0.29, 0.717) is 18.8 Å². The summed E-state index contributed by atoms with van der Waals surface area (Å²) in [5.74, 6) is 0. The standard InChI is InChI=1S/C18H28N4O2S/c1-5-21(6-2)13-12-19-25(23,24)17-14-22(15(3)4)20-18(17)16-10-8-7-9-11-16/h7-11,14-15,19H,5-6,12-13H2,1-4H3. The van der Waals surface area contributed by atoms with Crippen LogP contribution in [0.1, 0.15) is 33.7 Å². The number of aromatic nitrogens is 2. The number of hydrogen-bond donors (Lipinski definition) is 1. The van der Waals surface area contributed by atoms with Gasteiger partial charge in [-0.2, -0.15) is 5.10 Å². The average molecular weight is 365 g/mol. The number of benzene rings is 1. The zero-order chi connectivity index (χ0) is 18.4. The van der Waals surface area contributed by atoms with Crippen molar-refractivity contribution >= 4 is 10.0 Å². The van der Waals surface area contributed by atoms with E-state index >= 15 is 0 Å². The van der Waals surface area contributed by atoms with Gasteiger partial charge in [-0.1, -0.05) is 44.2 Å². The van der Waals surface area contributed by atoms with Crippen LogP contribution in [0.4, 0.5) is 0 Å². The molecule has 0 unspecified atom stereocenters. The second-order valence-corrected chi connectivity index (χ2v) is 7.94. The molecule has 0 bridgehead atoms. The number of nitrogens with zero attached hydrogens (tertiary/aromatic N) is 3. The molecule has 0 aliphatic heterocycles. The Kier molecular flexibility index (Phi) is 6.75. The summed E-state index contributed by atoms with van der Waals surface area (Å²) in [5, 5.41) is 4.51. The molecule has 0 aliphatic carbocycles. The summed E-state index contributed by atoms with van der Waals surface area (Å²) in [6.07, 6.45) is 1.62. The molecule has 0 saturated carbocycles. The molecule has 0 radical (unpaired) electrons. The van der Waals surface area contributed by atoms with Gasteiger partial charge in [0, 0.05) is 30.9 Å². The van der Waals surface area contributed by atoms with Gasteiger partial charge in [0.25, 0.3) is 0 Å². The van der Waals surface area contributed by atoms with Gasteiger partial charge in [0.05, 0.1) is 0 Å². The largest absolute Gasteiger partial charge is 0.303 e. The summed E-state index contributed by atoms with van der Waals surface area (Å²) in [4.78, 5) is 2.41. The van der Waals surface area contributed by atoms with Gasteiger partial charge in [0.1, 0.15) is 10.6 Å². The van der Waals surface area contributed by atoms with Crippen LogP contribution in [0.25, 0.3) is 11.3 Å². The van der Waals surface area contributed by atoms with Crippen LogP contribution in [-0.2, 0) is 10.0 Å². The van der Waals surface area contributed by atoms with Crippen molar-refractivity contribution in [2.75, 3.05) is 26.2 Å². The van der Waals surface area contributed by atoms with E-state index in [1.165, 1.54) is 0 Å². The molecular weight excluding hydrogens is 336 g/mol. The van der Waals surface area contributed by atoms with E-state index in [9.17, 15) is 8.42 Å². The maximum absolute atomic E-state index is 12.8. The van der Waals surface area contributed by atoms with Gasteiger partial charge in [-0.05, 0) is 26.9 Å². The maximum atomic E-state index is 12.8. The molecule has 25 heavy (non-hydrogen) atoms. The molecule has 0 amide bonds. The Bertz CT molecular complexity index is 766. The molecular formula is C18H28N4O2S. The van der Waals surface area contributed by atoms with Gasteiger partial charge in [-0.25, -0.2) is 13.1 Å². The van der Waals surface area contributed by atoms with Gasteiger partial charge in [0.15, 0.2) is 0 Å². The van der Waals surface area contributed by atoms with Gasteiger partial charge < -0.3 is 4.90 Å². The van der Waals surface area contributed by atoms with Crippen molar-refractivity contribution in [2.24, 2.45) is 0 Å². The third-order valence-corrected chi connectivity index (χ3v) is 5.64. The molecule has 1 N–H and O–H groups in total. The Morgan fingerprint density at radius 3 is 2.36 bits per heavy atom. The van der Waals surface area contributed by atoms with Gasteiger partial charge in [-0.15, -0.1) is 0 Å². The van der Waals surface area contributed by atoms with Gasteiger partial charge >= 0.3 is 0 Å². The maximum Gasteiger partial charge on any atom is 0.244 e. The predicted molar refractivity (Wildman–Crippen MR) is 101 cm³/mol. The molecule has 1 heterocycles. The van der Waals surface area contributed by atoms with Crippen LogP contribution in [0.5, 0.6) is 0 Å². The monoisotopic (exact) mass is 364 g/mol. The van der Waals surface area contributed by atoms with Crippen LogP contribution >= 0.6 is 0 Å². The first-order valence-corrected chi connectivity index (χ1v) is 10.2. The van der Waals surface area contributed by atoms with E-state index in [1.54, 1.807) is 10.9 Å². The Labute approximate surface area is 150 Å². The first-order valence-electron chi connectivity index (χ1n) is 8.75. The Balaban J connectivity index is 2.30. The number of hydrogen-bond acceptors (Lipinski definition) is 4. The molecule has 2 rings (SSSR count). The van der Waals surface area contributed by atoms with Crippen LogP contribution in [-0.4, -0.2) is 49.3 Å². The van der Waals surface area contributed by atoms with Crippen molar-refractivity contribution < 1.29 is 8.42 Å². The average Bonchev–Trinajstić information content (AvgIpc) is 3.06. The second kappa shape index (κ2) is 8.60. The first-order chi connectivity index (χ1) is 11.9. The van der Waals surface area contributed by atoms with E-state index in [4.69, 9.17) is 0 Å². The Hall–Kier alpha value is -1.70. The highest BCUT2D eigenvalue weighted by molar-refractivity contribution is 7.89. The summed E-state index contributed by atoms with van der Waals surface area (Å²) in [6, 6.07) is 9.51. The molecule has 138 valence electrons. The smallest absolute Gasteiger partial charge is 0.244 e. The number of rotatable bonds is 9. The summed E-state index contributed by atoms with van der Waals surface area (Å²) < 4.78 is 30.1. The Morgan fingerprint density at radius 1 is 1.16 bits per heavy atom. The Morgan fingerprint density at radius 2 is 1.80 bits per heavy atom. The van der Waals surface area contributed by atoms with E-state index in [1.807, 2.05) is 44.2 Å². The van der Waals surface area contributed by atoms with E-state index in [0.717, 1.165) is 18.7 Å².